The number of ether oxygens (including phenoxy) is 1. The molecule has 0 saturated carbocycles. The van der Waals surface area contributed by atoms with E-state index in [1.165, 1.54) is 23.6 Å². The molecule has 1 fully saturated rings. The molecule has 1 aromatic carbocycles. The SMILES string of the molecule is CCOc1ccc(C2SC[C@@H](C(=O)O)N2C(C)=O)cc1. The van der Waals surface area contributed by atoms with Crippen LogP contribution in [0.1, 0.15) is 24.8 Å². The summed E-state index contributed by atoms with van der Waals surface area (Å²) in [5.74, 6) is -0.00176. The highest BCUT2D eigenvalue weighted by Crippen LogP contribution is 2.41. The number of hydrogen-bond acceptors (Lipinski definition) is 4. The number of hydrogen-bond donors (Lipinski definition) is 1. The van der Waals surface area contributed by atoms with Gasteiger partial charge in [0.1, 0.15) is 17.2 Å². The molecule has 20 heavy (non-hydrogen) atoms. The van der Waals surface area contributed by atoms with Crippen LogP contribution in [0.25, 0.3) is 0 Å². The van der Waals surface area contributed by atoms with Gasteiger partial charge in [-0.05, 0) is 24.6 Å². The molecule has 108 valence electrons. The lowest BCUT2D eigenvalue weighted by Crippen LogP contribution is -2.41. The fourth-order valence-electron chi connectivity index (χ4n) is 2.23. The predicted molar refractivity (Wildman–Crippen MR) is 76.8 cm³/mol. The van der Waals surface area contributed by atoms with E-state index in [-0.39, 0.29) is 11.3 Å². The minimum atomic E-state index is -0.957. The van der Waals surface area contributed by atoms with Crippen molar-refractivity contribution in [3.8, 4) is 5.75 Å². The summed E-state index contributed by atoms with van der Waals surface area (Å²) >= 11 is 1.47. The average Bonchev–Trinajstić information content (AvgIpc) is 2.85. The number of rotatable bonds is 4. The van der Waals surface area contributed by atoms with Gasteiger partial charge in [-0.25, -0.2) is 4.79 Å². The number of thioether (sulfide) groups is 1. The van der Waals surface area contributed by atoms with Crippen molar-refractivity contribution in [2.24, 2.45) is 0 Å². The molecule has 0 radical (unpaired) electrons. The Labute approximate surface area is 121 Å². The predicted octanol–water partition coefficient (Wildman–Crippen LogP) is 2.13. The summed E-state index contributed by atoms with van der Waals surface area (Å²) in [6.07, 6.45) is 0. The lowest BCUT2D eigenvalue weighted by molar-refractivity contribution is -0.148. The van der Waals surface area contributed by atoms with Gasteiger partial charge in [0, 0.05) is 12.7 Å². The lowest BCUT2D eigenvalue weighted by Gasteiger charge is -2.26. The van der Waals surface area contributed by atoms with Crippen molar-refractivity contribution in [3.63, 3.8) is 0 Å². The summed E-state index contributed by atoms with van der Waals surface area (Å²) in [5.41, 5.74) is 0.914. The Morgan fingerprint density at radius 2 is 2.05 bits per heavy atom. The van der Waals surface area contributed by atoms with Crippen LogP contribution in [-0.4, -0.2) is 40.3 Å². The van der Waals surface area contributed by atoms with Gasteiger partial charge < -0.3 is 14.7 Å². The zero-order valence-corrected chi connectivity index (χ0v) is 12.2. The van der Waals surface area contributed by atoms with Gasteiger partial charge in [-0.1, -0.05) is 12.1 Å². The highest BCUT2D eigenvalue weighted by molar-refractivity contribution is 7.99. The minimum absolute atomic E-state index is 0.221. The molecule has 5 nitrogen and oxygen atoms in total. The van der Waals surface area contributed by atoms with E-state index in [9.17, 15) is 14.7 Å². The summed E-state index contributed by atoms with van der Waals surface area (Å²) in [5, 5.41) is 8.94. The number of nitrogens with zero attached hydrogens (tertiary/aromatic N) is 1. The summed E-state index contributed by atoms with van der Waals surface area (Å²) in [6, 6.07) is 6.68. The maximum Gasteiger partial charge on any atom is 0.327 e. The Hall–Kier alpha value is -1.69. The topological polar surface area (TPSA) is 66.8 Å². The first-order valence-corrected chi connectivity index (χ1v) is 7.45. The number of carboxylic acid groups (broad SMARTS) is 1. The number of amides is 1. The van der Waals surface area contributed by atoms with E-state index in [2.05, 4.69) is 0 Å². The molecular formula is C14H17NO4S. The molecule has 6 heteroatoms. The standard InChI is InChI=1S/C14H17NO4S/c1-3-19-11-6-4-10(5-7-11)13-15(9(2)16)12(8-20-13)14(17)18/h4-7,12-13H,3,8H2,1-2H3,(H,17,18)/t12-,13?/m0/s1. The van der Waals surface area contributed by atoms with Crippen molar-refractivity contribution >= 4 is 23.6 Å². The number of carboxylic acids is 1. The van der Waals surface area contributed by atoms with Crippen LogP contribution in [0.15, 0.2) is 24.3 Å². The largest absolute Gasteiger partial charge is 0.494 e. The molecule has 0 aromatic heterocycles. The smallest absolute Gasteiger partial charge is 0.327 e. The number of benzene rings is 1. The van der Waals surface area contributed by atoms with Crippen molar-refractivity contribution in [1.29, 1.82) is 0 Å². The maximum absolute atomic E-state index is 11.7. The minimum Gasteiger partial charge on any atom is -0.494 e. The molecule has 1 heterocycles. The lowest BCUT2D eigenvalue weighted by atomic mass is 10.1. The summed E-state index contributed by atoms with van der Waals surface area (Å²) < 4.78 is 5.38. The van der Waals surface area contributed by atoms with Gasteiger partial charge >= 0.3 is 5.97 Å². The van der Waals surface area contributed by atoms with E-state index in [1.54, 1.807) is 0 Å². The second kappa shape index (κ2) is 6.17. The van der Waals surface area contributed by atoms with Gasteiger partial charge in [-0.15, -0.1) is 11.8 Å². The van der Waals surface area contributed by atoms with Gasteiger partial charge in [0.2, 0.25) is 5.91 Å². The van der Waals surface area contributed by atoms with Crippen LogP contribution < -0.4 is 4.74 Å². The Balaban J connectivity index is 2.22. The first kappa shape index (κ1) is 14.7. The van der Waals surface area contributed by atoms with Crippen LogP contribution in [0.5, 0.6) is 5.75 Å². The number of carbonyl (C=O) groups excluding carboxylic acids is 1. The monoisotopic (exact) mass is 295 g/mol. The van der Waals surface area contributed by atoms with E-state index < -0.39 is 12.0 Å². The fourth-order valence-corrected chi connectivity index (χ4v) is 3.71. The quantitative estimate of drug-likeness (QED) is 0.921. The molecule has 0 bridgehead atoms. The summed E-state index contributed by atoms with van der Waals surface area (Å²) in [4.78, 5) is 24.4. The van der Waals surface area contributed by atoms with Crippen molar-refractivity contribution in [1.82, 2.24) is 4.90 Å². The van der Waals surface area contributed by atoms with E-state index in [0.717, 1.165) is 11.3 Å². The molecule has 1 aromatic rings. The molecule has 1 aliphatic rings. The van der Waals surface area contributed by atoms with Crippen molar-refractivity contribution in [3.05, 3.63) is 29.8 Å². The Bertz CT molecular complexity index is 502. The second-order valence-corrected chi connectivity index (χ2v) is 5.58. The molecule has 1 saturated heterocycles. The molecule has 2 atom stereocenters. The number of carbonyl (C=O) groups is 2. The Morgan fingerprint density at radius 3 is 2.55 bits per heavy atom. The highest BCUT2D eigenvalue weighted by atomic mass is 32.2. The molecule has 1 aliphatic heterocycles. The Morgan fingerprint density at radius 1 is 1.40 bits per heavy atom. The van der Waals surface area contributed by atoms with Crippen LogP contribution in [0.3, 0.4) is 0 Å². The van der Waals surface area contributed by atoms with E-state index >= 15 is 0 Å². The zero-order valence-electron chi connectivity index (χ0n) is 11.4. The van der Waals surface area contributed by atoms with Crippen LogP contribution in [0, 0.1) is 0 Å². The van der Waals surface area contributed by atoms with Crippen LogP contribution in [0.4, 0.5) is 0 Å². The van der Waals surface area contributed by atoms with Gasteiger partial charge in [0.25, 0.3) is 0 Å². The molecule has 1 amide bonds. The van der Waals surface area contributed by atoms with Gasteiger partial charge in [0.15, 0.2) is 0 Å². The molecule has 2 rings (SSSR count). The van der Waals surface area contributed by atoms with E-state index in [0.29, 0.717) is 12.4 Å². The number of aliphatic carboxylic acids is 1. The summed E-state index contributed by atoms with van der Waals surface area (Å²) in [6.45, 7) is 3.91. The maximum atomic E-state index is 11.7. The van der Waals surface area contributed by atoms with Crippen LogP contribution in [0.2, 0.25) is 0 Å². The van der Waals surface area contributed by atoms with Crippen molar-refractivity contribution in [2.75, 3.05) is 12.4 Å². The normalized spacial score (nSPS) is 21.8. The van der Waals surface area contributed by atoms with Crippen molar-refractivity contribution in [2.45, 2.75) is 25.3 Å². The molecular weight excluding hydrogens is 278 g/mol. The third kappa shape index (κ3) is 2.90. The van der Waals surface area contributed by atoms with E-state index in [4.69, 9.17) is 4.74 Å². The molecule has 0 aliphatic carbocycles. The fraction of sp³-hybridized carbons (Fsp3) is 0.429. The Kier molecular flexibility index (Phi) is 4.54. The van der Waals surface area contributed by atoms with Gasteiger partial charge in [-0.3, -0.25) is 4.79 Å². The molecule has 1 N–H and O–H groups in total. The molecule has 0 spiro atoms. The zero-order chi connectivity index (χ0) is 14.7. The molecule has 1 unspecified atom stereocenters. The third-order valence-electron chi connectivity index (χ3n) is 3.13. The second-order valence-electron chi connectivity index (χ2n) is 4.47. The van der Waals surface area contributed by atoms with E-state index in [1.807, 2.05) is 31.2 Å². The first-order valence-electron chi connectivity index (χ1n) is 6.40. The average molecular weight is 295 g/mol. The third-order valence-corrected chi connectivity index (χ3v) is 4.45. The van der Waals surface area contributed by atoms with Crippen molar-refractivity contribution < 1.29 is 19.4 Å². The first-order chi connectivity index (χ1) is 9.54. The van der Waals surface area contributed by atoms with Crippen LogP contribution >= 0.6 is 11.8 Å². The summed E-state index contributed by atoms with van der Waals surface area (Å²) in [7, 11) is 0. The van der Waals surface area contributed by atoms with Gasteiger partial charge in [-0.2, -0.15) is 0 Å². The van der Waals surface area contributed by atoms with Crippen LogP contribution in [-0.2, 0) is 9.59 Å². The highest BCUT2D eigenvalue weighted by Gasteiger charge is 2.40. The van der Waals surface area contributed by atoms with Gasteiger partial charge in [0.05, 0.1) is 6.61 Å².